The summed E-state index contributed by atoms with van der Waals surface area (Å²) in [4.78, 5) is 2.03. The summed E-state index contributed by atoms with van der Waals surface area (Å²) in [6.07, 6.45) is 0.766. The fraction of sp³-hybridized carbons (Fsp3) is 0.462. The Hall–Kier alpha value is -0.860. The minimum absolute atomic E-state index is 0.228. The second-order valence-corrected chi connectivity index (χ2v) is 4.52. The van der Waals surface area contributed by atoms with Crippen LogP contribution >= 0.6 is 0 Å². The molecule has 1 N–H and O–H groups in total. The molecule has 2 atom stereocenters. The highest BCUT2D eigenvalue weighted by atomic mass is 16.3. The second-order valence-electron chi connectivity index (χ2n) is 4.52. The Morgan fingerprint density at radius 3 is 2.67 bits per heavy atom. The molecule has 1 aliphatic heterocycles. The first kappa shape index (κ1) is 10.7. The third-order valence-corrected chi connectivity index (χ3v) is 3.43. The summed E-state index contributed by atoms with van der Waals surface area (Å²) < 4.78 is 0. The van der Waals surface area contributed by atoms with Crippen LogP contribution < -0.4 is 0 Å². The molecule has 0 amide bonds. The van der Waals surface area contributed by atoms with Crippen LogP contribution in [0.5, 0.6) is 0 Å². The molecule has 2 heteroatoms. The average molecular weight is 204 g/mol. The third-order valence-electron chi connectivity index (χ3n) is 3.43. The molecule has 0 saturated carbocycles. The second kappa shape index (κ2) is 3.95. The molecule has 0 aromatic heterocycles. The van der Waals surface area contributed by atoms with Crippen LogP contribution in [0.3, 0.4) is 0 Å². The van der Waals surface area contributed by atoms with Gasteiger partial charge in [-0.25, -0.2) is 0 Å². The van der Waals surface area contributed by atoms with Crippen molar-refractivity contribution in [2.24, 2.45) is 5.92 Å². The zero-order chi connectivity index (χ0) is 10.9. The molecule has 15 heavy (non-hydrogen) atoms. The van der Waals surface area contributed by atoms with Gasteiger partial charge in [0.1, 0.15) is 0 Å². The van der Waals surface area contributed by atoms with Crippen molar-refractivity contribution < 1.29 is 5.11 Å². The van der Waals surface area contributed by atoms with Crippen LogP contribution in [0.2, 0.25) is 0 Å². The topological polar surface area (TPSA) is 23.5 Å². The maximum absolute atomic E-state index is 10.7. The van der Waals surface area contributed by atoms with Gasteiger partial charge in [0.2, 0.25) is 0 Å². The summed E-state index contributed by atoms with van der Waals surface area (Å²) >= 11 is 0. The van der Waals surface area contributed by atoms with Gasteiger partial charge in [0.15, 0.2) is 0 Å². The Labute approximate surface area is 91.5 Å². The quantitative estimate of drug-likeness (QED) is 0.707. The highest BCUT2D eigenvalue weighted by molar-refractivity contribution is 5.24. The van der Waals surface area contributed by atoms with Gasteiger partial charge < -0.3 is 10.0 Å². The summed E-state index contributed by atoms with van der Waals surface area (Å²) in [5, 5.41) is 10.7. The smallest absolute Gasteiger partial charge is 0.0944 e. The largest absolute Gasteiger partial charge is 0.459 e. The van der Waals surface area contributed by atoms with E-state index < -0.39 is 5.60 Å². The first-order valence-electron chi connectivity index (χ1n) is 5.46. The average Bonchev–Trinajstić information content (AvgIpc) is 2.25. The lowest BCUT2D eigenvalue weighted by Crippen LogP contribution is -2.46. The van der Waals surface area contributed by atoms with Gasteiger partial charge in [-0.2, -0.15) is 0 Å². The zero-order valence-corrected chi connectivity index (χ0v) is 9.19. The number of benzene rings is 1. The third kappa shape index (κ3) is 1.92. The van der Waals surface area contributed by atoms with Crippen LogP contribution in [0, 0.1) is 13.0 Å². The number of aliphatic hydroxyl groups is 1. The van der Waals surface area contributed by atoms with Crippen LogP contribution in [0.15, 0.2) is 30.3 Å². The van der Waals surface area contributed by atoms with Crippen molar-refractivity contribution in [2.45, 2.75) is 18.9 Å². The van der Waals surface area contributed by atoms with Crippen LogP contribution in [0.1, 0.15) is 18.9 Å². The van der Waals surface area contributed by atoms with Gasteiger partial charge in [-0.05, 0) is 31.0 Å². The monoisotopic (exact) mass is 204 g/mol. The molecule has 1 aliphatic rings. The van der Waals surface area contributed by atoms with Crippen LogP contribution in [-0.4, -0.2) is 23.1 Å². The fourth-order valence-electron chi connectivity index (χ4n) is 2.36. The molecule has 0 bridgehead atoms. The predicted molar refractivity (Wildman–Crippen MR) is 61.0 cm³/mol. The molecular formula is C13H18NO-. The maximum Gasteiger partial charge on any atom is 0.0944 e. The summed E-state index contributed by atoms with van der Waals surface area (Å²) in [6, 6.07) is 9.96. The molecule has 1 heterocycles. The molecule has 82 valence electrons. The van der Waals surface area contributed by atoms with Gasteiger partial charge in [-0.3, -0.25) is 7.05 Å². The number of hydrogen-bond donors (Lipinski definition) is 1. The summed E-state index contributed by atoms with van der Waals surface area (Å²) in [7, 11) is 3.93. The molecule has 1 aromatic rings. The fourth-order valence-corrected chi connectivity index (χ4v) is 2.36. The van der Waals surface area contributed by atoms with Gasteiger partial charge >= 0.3 is 0 Å². The van der Waals surface area contributed by atoms with E-state index in [2.05, 4.69) is 14.0 Å². The van der Waals surface area contributed by atoms with E-state index in [0.717, 1.165) is 25.1 Å². The number of likely N-dealkylation sites (tertiary alicyclic amines) is 1. The van der Waals surface area contributed by atoms with E-state index in [-0.39, 0.29) is 5.92 Å². The van der Waals surface area contributed by atoms with Gasteiger partial charge in [-0.15, -0.1) is 0 Å². The number of nitrogens with zero attached hydrogens (tertiary/aromatic N) is 1. The lowest BCUT2D eigenvalue weighted by Gasteiger charge is -2.45. The number of hydrogen-bond acceptors (Lipinski definition) is 2. The van der Waals surface area contributed by atoms with Crippen molar-refractivity contribution in [2.75, 3.05) is 13.1 Å². The highest BCUT2D eigenvalue weighted by Crippen LogP contribution is 2.36. The molecule has 1 aromatic carbocycles. The van der Waals surface area contributed by atoms with Gasteiger partial charge in [0, 0.05) is 0 Å². The Kier molecular flexibility index (Phi) is 2.81. The summed E-state index contributed by atoms with van der Waals surface area (Å²) in [5.41, 5.74) is 0.362. The lowest BCUT2D eigenvalue weighted by molar-refractivity contribution is -0.0625. The van der Waals surface area contributed by atoms with Crippen LogP contribution in [0.25, 0.3) is 0 Å². The van der Waals surface area contributed by atoms with E-state index in [4.69, 9.17) is 0 Å². The molecule has 0 aliphatic carbocycles. The van der Waals surface area contributed by atoms with E-state index in [1.807, 2.05) is 35.2 Å². The molecule has 2 rings (SSSR count). The normalized spacial score (nSPS) is 32.9. The first-order valence-corrected chi connectivity index (χ1v) is 5.46. The molecular weight excluding hydrogens is 186 g/mol. The Bertz CT molecular complexity index is 325. The van der Waals surface area contributed by atoms with Gasteiger partial charge in [0.05, 0.1) is 5.60 Å². The maximum atomic E-state index is 10.7. The highest BCUT2D eigenvalue weighted by Gasteiger charge is 2.37. The molecule has 1 fully saturated rings. The van der Waals surface area contributed by atoms with Crippen molar-refractivity contribution in [3.8, 4) is 0 Å². The standard InChI is InChI=1S/C13H18NO/c1-11-10-14(2)9-8-13(11,15)12-6-4-3-5-7-12/h3-7,11,15H,2,8-10H2,1H3/q-1. The molecule has 0 radical (unpaired) electrons. The van der Waals surface area contributed by atoms with E-state index >= 15 is 0 Å². The van der Waals surface area contributed by atoms with Crippen LogP contribution in [0.4, 0.5) is 0 Å². The first-order chi connectivity index (χ1) is 7.13. The molecule has 0 spiro atoms. The zero-order valence-electron chi connectivity index (χ0n) is 9.19. The minimum Gasteiger partial charge on any atom is -0.459 e. The van der Waals surface area contributed by atoms with Crippen molar-refractivity contribution in [3.05, 3.63) is 42.9 Å². The van der Waals surface area contributed by atoms with E-state index in [1.54, 1.807) is 0 Å². The molecule has 2 unspecified atom stereocenters. The number of piperidine rings is 1. The van der Waals surface area contributed by atoms with Crippen molar-refractivity contribution in [3.63, 3.8) is 0 Å². The van der Waals surface area contributed by atoms with Crippen molar-refractivity contribution in [1.29, 1.82) is 0 Å². The van der Waals surface area contributed by atoms with Crippen molar-refractivity contribution in [1.82, 2.24) is 4.90 Å². The number of rotatable bonds is 1. The minimum atomic E-state index is -0.671. The van der Waals surface area contributed by atoms with Crippen LogP contribution in [-0.2, 0) is 5.60 Å². The molecule has 1 saturated heterocycles. The lowest BCUT2D eigenvalue weighted by atomic mass is 9.77. The van der Waals surface area contributed by atoms with E-state index in [0.29, 0.717) is 0 Å². The Balaban J connectivity index is 2.27. The Morgan fingerprint density at radius 1 is 1.40 bits per heavy atom. The SMILES string of the molecule is [CH2-]N1CCC(O)(c2ccccc2)C(C)C1. The molecule has 2 nitrogen and oxygen atoms in total. The predicted octanol–water partition coefficient (Wildman–Crippen LogP) is 2.01. The Morgan fingerprint density at radius 2 is 2.07 bits per heavy atom. The van der Waals surface area contributed by atoms with Gasteiger partial charge in [0.25, 0.3) is 0 Å². The summed E-state index contributed by atoms with van der Waals surface area (Å²) in [6.45, 7) is 3.80. The van der Waals surface area contributed by atoms with Gasteiger partial charge in [-0.1, -0.05) is 37.3 Å². The van der Waals surface area contributed by atoms with E-state index in [1.165, 1.54) is 0 Å². The summed E-state index contributed by atoms with van der Waals surface area (Å²) in [5.74, 6) is 0.228. The van der Waals surface area contributed by atoms with E-state index in [9.17, 15) is 5.11 Å². The van der Waals surface area contributed by atoms with Crippen molar-refractivity contribution >= 4 is 0 Å².